The van der Waals surface area contributed by atoms with Crippen LogP contribution in [0, 0.1) is 0 Å². The Morgan fingerprint density at radius 3 is 2.61 bits per heavy atom. The number of carbonyl (C=O) groups is 3. The molecule has 0 unspecified atom stereocenters. The molecule has 10 heteroatoms. The number of nitrogens with one attached hydrogen (secondary N) is 2. The molecule has 0 saturated heterocycles. The average Bonchev–Trinajstić information content (AvgIpc) is 3.14. The number of benzene rings is 1. The molecular formula is C21H26ClN5O4. The molecule has 2 aliphatic rings. The first kappa shape index (κ1) is 21.4. The Balaban J connectivity index is 1.72. The van der Waals surface area contributed by atoms with Crippen LogP contribution in [0.15, 0.2) is 10.5 Å². The largest absolute Gasteiger partial charge is 0.432 e. The number of carbonyl (C=O) groups excluding carboxylic acids is 3. The molecule has 0 atom stereocenters. The van der Waals surface area contributed by atoms with Crippen molar-refractivity contribution in [3.63, 3.8) is 0 Å². The minimum Gasteiger partial charge on any atom is -0.432 e. The first-order chi connectivity index (χ1) is 14.7. The normalized spacial score (nSPS) is 17.1. The van der Waals surface area contributed by atoms with Gasteiger partial charge in [-0.1, -0.05) is 30.9 Å². The standard InChI is InChI=1S/C21H26ClN5O4/c1-26(2)14(28)7-10-27(3)19(29)18-23-13-11-12(22)16-15(17(13)31-18)21(25-20(30)24-16)8-5-4-6-9-21/h11H,4-10H2,1-3H3,(H2,24,25,30). The second-order valence-corrected chi connectivity index (χ2v) is 8.87. The van der Waals surface area contributed by atoms with Gasteiger partial charge in [0.15, 0.2) is 5.58 Å². The lowest BCUT2D eigenvalue weighted by molar-refractivity contribution is -0.128. The number of aromatic nitrogens is 1. The van der Waals surface area contributed by atoms with E-state index in [1.54, 1.807) is 27.2 Å². The lowest BCUT2D eigenvalue weighted by atomic mass is 9.74. The van der Waals surface area contributed by atoms with Gasteiger partial charge in [-0.05, 0) is 18.9 Å². The van der Waals surface area contributed by atoms with Crippen molar-refractivity contribution in [3.8, 4) is 0 Å². The van der Waals surface area contributed by atoms with Crippen molar-refractivity contribution in [2.75, 3.05) is 33.0 Å². The van der Waals surface area contributed by atoms with Gasteiger partial charge in [0.2, 0.25) is 5.91 Å². The molecule has 2 aromatic rings. The van der Waals surface area contributed by atoms with Crippen LogP contribution in [-0.2, 0) is 10.3 Å². The van der Waals surface area contributed by atoms with Crippen molar-refractivity contribution in [2.24, 2.45) is 0 Å². The number of anilines is 1. The Bertz CT molecular complexity index is 1060. The first-order valence-electron chi connectivity index (χ1n) is 10.4. The van der Waals surface area contributed by atoms with Crippen LogP contribution in [0.3, 0.4) is 0 Å². The predicted molar refractivity (Wildman–Crippen MR) is 116 cm³/mol. The molecule has 4 rings (SSSR count). The maximum atomic E-state index is 12.9. The molecule has 166 valence electrons. The highest BCUT2D eigenvalue weighted by atomic mass is 35.5. The summed E-state index contributed by atoms with van der Waals surface area (Å²) in [7, 11) is 4.95. The Morgan fingerprint density at radius 1 is 1.23 bits per heavy atom. The third-order valence-electron chi connectivity index (χ3n) is 6.10. The van der Waals surface area contributed by atoms with Gasteiger partial charge in [-0.3, -0.25) is 9.59 Å². The molecule has 0 radical (unpaired) electrons. The fourth-order valence-electron chi connectivity index (χ4n) is 4.41. The van der Waals surface area contributed by atoms with Crippen LogP contribution in [0.2, 0.25) is 5.02 Å². The molecule has 2 N–H and O–H groups in total. The number of hydrogen-bond donors (Lipinski definition) is 2. The Labute approximate surface area is 185 Å². The number of urea groups is 1. The summed E-state index contributed by atoms with van der Waals surface area (Å²) >= 11 is 6.49. The SMILES string of the molecule is CN(C)C(=O)CCN(C)C(=O)c1nc2cc(Cl)c3c(c2o1)C1(CCCCC1)NC(=O)N3. The van der Waals surface area contributed by atoms with E-state index in [2.05, 4.69) is 15.6 Å². The summed E-state index contributed by atoms with van der Waals surface area (Å²) < 4.78 is 5.97. The highest BCUT2D eigenvalue weighted by Gasteiger charge is 2.44. The smallest absolute Gasteiger partial charge is 0.319 e. The van der Waals surface area contributed by atoms with Gasteiger partial charge in [0.05, 0.1) is 16.2 Å². The zero-order chi connectivity index (χ0) is 22.3. The predicted octanol–water partition coefficient (Wildman–Crippen LogP) is 3.33. The van der Waals surface area contributed by atoms with E-state index >= 15 is 0 Å². The zero-order valence-electron chi connectivity index (χ0n) is 17.9. The van der Waals surface area contributed by atoms with Crippen molar-refractivity contribution in [2.45, 2.75) is 44.1 Å². The number of halogens is 1. The van der Waals surface area contributed by atoms with Crippen LogP contribution in [0.25, 0.3) is 11.1 Å². The van der Waals surface area contributed by atoms with Crippen molar-refractivity contribution < 1.29 is 18.8 Å². The number of rotatable bonds is 4. The van der Waals surface area contributed by atoms with Gasteiger partial charge in [0, 0.05) is 39.7 Å². The minimum absolute atomic E-state index is 0.0675. The molecule has 1 aliphatic carbocycles. The van der Waals surface area contributed by atoms with E-state index < -0.39 is 11.4 Å². The molecule has 1 aliphatic heterocycles. The molecule has 1 spiro atoms. The van der Waals surface area contributed by atoms with E-state index in [-0.39, 0.29) is 30.8 Å². The van der Waals surface area contributed by atoms with Gasteiger partial charge in [-0.25, -0.2) is 9.78 Å². The maximum absolute atomic E-state index is 12.9. The Morgan fingerprint density at radius 2 is 1.94 bits per heavy atom. The minimum atomic E-state index is -0.594. The van der Waals surface area contributed by atoms with E-state index in [0.29, 0.717) is 21.8 Å². The molecule has 0 bridgehead atoms. The highest BCUT2D eigenvalue weighted by molar-refractivity contribution is 6.35. The summed E-state index contributed by atoms with van der Waals surface area (Å²) in [5.74, 6) is -0.556. The van der Waals surface area contributed by atoms with Gasteiger partial charge in [-0.15, -0.1) is 0 Å². The molecule has 1 aromatic heterocycles. The summed E-state index contributed by atoms with van der Waals surface area (Å²) in [5, 5.41) is 6.23. The zero-order valence-corrected chi connectivity index (χ0v) is 18.6. The van der Waals surface area contributed by atoms with Gasteiger partial charge in [0.25, 0.3) is 5.89 Å². The molecule has 2 heterocycles. The molecule has 9 nitrogen and oxygen atoms in total. The van der Waals surface area contributed by atoms with E-state index in [1.165, 1.54) is 9.80 Å². The first-order valence-corrected chi connectivity index (χ1v) is 10.8. The van der Waals surface area contributed by atoms with E-state index in [4.69, 9.17) is 16.0 Å². The number of oxazole rings is 1. The molecule has 1 saturated carbocycles. The number of fused-ring (bicyclic) bond motifs is 4. The van der Waals surface area contributed by atoms with Gasteiger partial charge < -0.3 is 24.9 Å². The third-order valence-corrected chi connectivity index (χ3v) is 6.40. The molecule has 31 heavy (non-hydrogen) atoms. The van der Waals surface area contributed by atoms with Gasteiger partial charge in [-0.2, -0.15) is 0 Å². The molecule has 1 aromatic carbocycles. The third kappa shape index (κ3) is 3.82. The van der Waals surface area contributed by atoms with Crippen LogP contribution >= 0.6 is 11.6 Å². The van der Waals surface area contributed by atoms with E-state index in [1.807, 2.05) is 0 Å². The lowest BCUT2D eigenvalue weighted by Crippen LogP contribution is -2.52. The fourth-order valence-corrected chi connectivity index (χ4v) is 4.66. The summed E-state index contributed by atoms with van der Waals surface area (Å²) in [4.78, 5) is 44.4. The van der Waals surface area contributed by atoms with Crippen molar-refractivity contribution in [3.05, 3.63) is 22.5 Å². The van der Waals surface area contributed by atoms with Crippen LogP contribution in [0.4, 0.5) is 10.5 Å². The van der Waals surface area contributed by atoms with Crippen molar-refractivity contribution in [1.29, 1.82) is 0 Å². The number of amides is 4. The maximum Gasteiger partial charge on any atom is 0.319 e. The van der Waals surface area contributed by atoms with E-state index in [9.17, 15) is 14.4 Å². The van der Waals surface area contributed by atoms with Gasteiger partial charge >= 0.3 is 11.9 Å². The van der Waals surface area contributed by atoms with E-state index in [0.717, 1.165) is 37.7 Å². The lowest BCUT2D eigenvalue weighted by Gasteiger charge is -2.42. The monoisotopic (exact) mass is 447 g/mol. The second kappa shape index (κ2) is 8.03. The Hall–Kier alpha value is -2.81. The second-order valence-electron chi connectivity index (χ2n) is 8.46. The van der Waals surface area contributed by atoms with Crippen LogP contribution < -0.4 is 10.6 Å². The van der Waals surface area contributed by atoms with Crippen LogP contribution in [0.1, 0.15) is 54.8 Å². The van der Waals surface area contributed by atoms with Crippen LogP contribution in [-0.4, -0.2) is 60.3 Å². The average molecular weight is 448 g/mol. The topological polar surface area (TPSA) is 108 Å². The molecule has 4 amide bonds. The number of hydrogen-bond acceptors (Lipinski definition) is 5. The summed E-state index contributed by atoms with van der Waals surface area (Å²) in [6, 6.07) is 1.31. The summed E-state index contributed by atoms with van der Waals surface area (Å²) in [6.45, 7) is 0.245. The fraction of sp³-hybridized carbons (Fsp3) is 0.524. The van der Waals surface area contributed by atoms with Crippen molar-refractivity contribution >= 4 is 46.2 Å². The molecular weight excluding hydrogens is 422 g/mol. The van der Waals surface area contributed by atoms with Crippen LogP contribution in [0.5, 0.6) is 0 Å². The Kier molecular flexibility index (Phi) is 5.55. The summed E-state index contributed by atoms with van der Waals surface area (Å²) in [5.41, 5.74) is 1.59. The van der Waals surface area contributed by atoms with Crippen molar-refractivity contribution in [1.82, 2.24) is 20.1 Å². The molecule has 1 fully saturated rings. The number of nitrogens with zero attached hydrogens (tertiary/aromatic N) is 3. The highest BCUT2D eigenvalue weighted by Crippen LogP contribution is 2.48. The summed E-state index contributed by atoms with van der Waals surface area (Å²) in [6.07, 6.45) is 4.77. The quantitative estimate of drug-likeness (QED) is 0.747. The van der Waals surface area contributed by atoms with Gasteiger partial charge in [0.1, 0.15) is 5.52 Å².